The lowest BCUT2D eigenvalue weighted by atomic mass is 10.3. The Morgan fingerprint density at radius 2 is 1.96 bits per heavy atom. The van der Waals surface area contributed by atoms with E-state index in [1.54, 1.807) is 24.1 Å². The quantitative estimate of drug-likeness (QED) is 0.450. The maximum Gasteiger partial charge on any atom is 0.270 e. The van der Waals surface area contributed by atoms with Crippen LogP contribution < -0.4 is 9.64 Å². The molecular weight excluding hydrogens is 437 g/mol. The van der Waals surface area contributed by atoms with Gasteiger partial charge in [0.2, 0.25) is 0 Å². The van der Waals surface area contributed by atoms with Gasteiger partial charge >= 0.3 is 0 Å². The van der Waals surface area contributed by atoms with Crippen molar-refractivity contribution in [1.82, 2.24) is 9.88 Å². The lowest BCUT2D eigenvalue weighted by Crippen LogP contribution is -2.38. The van der Waals surface area contributed by atoms with E-state index >= 15 is 0 Å². The number of hydrogen-bond acceptors (Lipinski definition) is 6. The number of aromatic nitrogens is 1. The first-order valence-electron chi connectivity index (χ1n) is 8.79. The number of likely N-dealkylation sites (N-methyl/N-ethyl adjacent to an activating group) is 1. The highest BCUT2D eigenvalue weighted by atomic mass is 35.5. The largest absolute Gasteiger partial charge is 0.494 e. The van der Waals surface area contributed by atoms with Gasteiger partial charge in [-0.3, -0.25) is 9.69 Å². The van der Waals surface area contributed by atoms with Crippen LogP contribution in [0.1, 0.15) is 23.5 Å². The number of carbonyl (C=O) groups excluding carboxylic acids is 1. The summed E-state index contributed by atoms with van der Waals surface area (Å²) in [4.78, 5) is 22.6. The summed E-state index contributed by atoms with van der Waals surface area (Å²) in [6.45, 7) is 7.48. The number of thiophene rings is 1. The van der Waals surface area contributed by atoms with Crippen LogP contribution in [0.5, 0.6) is 5.75 Å². The Morgan fingerprint density at radius 1 is 1.21 bits per heavy atom. The zero-order valence-electron chi connectivity index (χ0n) is 16.0. The normalized spacial score (nSPS) is 10.9. The smallest absolute Gasteiger partial charge is 0.270 e. The first-order valence-corrected chi connectivity index (χ1v) is 10.9. The summed E-state index contributed by atoms with van der Waals surface area (Å²) in [5, 5.41) is 3.16. The summed E-state index contributed by atoms with van der Waals surface area (Å²) < 4.78 is 6.25. The molecule has 0 bridgehead atoms. The van der Waals surface area contributed by atoms with E-state index < -0.39 is 0 Å². The number of methoxy groups -OCH3 is 1. The number of rotatable bonds is 8. The Labute approximate surface area is 184 Å². The number of anilines is 1. The highest BCUT2D eigenvalue weighted by molar-refractivity contribution is 7.23. The van der Waals surface area contributed by atoms with Crippen molar-refractivity contribution in [1.29, 1.82) is 0 Å². The van der Waals surface area contributed by atoms with Crippen LogP contribution in [-0.4, -0.2) is 49.1 Å². The maximum absolute atomic E-state index is 13.1. The first-order chi connectivity index (χ1) is 13.1. The molecule has 3 rings (SSSR count). The van der Waals surface area contributed by atoms with Gasteiger partial charge in [0.1, 0.15) is 11.3 Å². The third kappa shape index (κ3) is 4.78. The van der Waals surface area contributed by atoms with Gasteiger partial charge < -0.3 is 9.64 Å². The average molecular weight is 460 g/mol. The second-order valence-electron chi connectivity index (χ2n) is 5.88. The molecular formula is C19H23Cl2N3O2S2. The minimum atomic E-state index is -0.0358. The minimum Gasteiger partial charge on any atom is -0.494 e. The molecule has 1 aromatic carbocycles. The van der Waals surface area contributed by atoms with E-state index in [1.807, 2.05) is 17.5 Å². The highest BCUT2D eigenvalue weighted by Crippen LogP contribution is 2.39. The Kier molecular flexibility index (Phi) is 8.52. The van der Waals surface area contributed by atoms with E-state index in [-0.39, 0.29) is 18.3 Å². The third-order valence-electron chi connectivity index (χ3n) is 4.41. The number of halogens is 2. The minimum absolute atomic E-state index is 0. The number of fused-ring (bicyclic) bond motifs is 1. The molecule has 0 aliphatic rings. The van der Waals surface area contributed by atoms with Crippen LogP contribution in [-0.2, 0) is 0 Å². The van der Waals surface area contributed by atoms with Gasteiger partial charge in [0, 0.05) is 13.1 Å². The molecule has 152 valence electrons. The molecule has 0 saturated heterocycles. The molecule has 2 heterocycles. The van der Waals surface area contributed by atoms with Crippen molar-refractivity contribution in [2.24, 2.45) is 0 Å². The fourth-order valence-corrected chi connectivity index (χ4v) is 4.77. The van der Waals surface area contributed by atoms with Gasteiger partial charge in [-0.05, 0) is 36.7 Å². The molecule has 3 aromatic rings. The summed E-state index contributed by atoms with van der Waals surface area (Å²) in [7, 11) is 1.61. The number of benzene rings is 1. The van der Waals surface area contributed by atoms with E-state index in [4.69, 9.17) is 21.3 Å². The molecule has 1 amide bonds. The van der Waals surface area contributed by atoms with Crippen molar-refractivity contribution in [3.8, 4) is 5.75 Å². The SMILES string of the molecule is CCN(CC)CCN(C(=O)c1cccs1)c1nc2c(OC)ccc(Cl)c2s1.Cl. The van der Waals surface area contributed by atoms with Crippen LogP contribution in [0.2, 0.25) is 5.02 Å². The molecule has 0 unspecified atom stereocenters. The van der Waals surface area contributed by atoms with Gasteiger partial charge in [0.25, 0.3) is 5.91 Å². The van der Waals surface area contributed by atoms with Gasteiger partial charge in [0.05, 0.1) is 21.7 Å². The zero-order chi connectivity index (χ0) is 19.4. The molecule has 5 nitrogen and oxygen atoms in total. The van der Waals surface area contributed by atoms with E-state index in [2.05, 4.69) is 18.7 Å². The van der Waals surface area contributed by atoms with Crippen LogP contribution in [0.25, 0.3) is 10.2 Å². The second kappa shape index (κ2) is 10.4. The zero-order valence-corrected chi connectivity index (χ0v) is 19.2. The molecule has 0 atom stereocenters. The highest BCUT2D eigenvalue weighted by Gasteiger charge is 2.24. The number of thiazole rings is 1. The van der Waals surface area contributed by atoms with E-state index in [1.165, 1.54) is 22.7 Å². The molecule has 0 saturated carbocycles. The second-order valence-corrected chi connectivity index (χ2v) is 8.22. The lowest BCUT2D eigenvalue weighted by molar-refractivity contribution is 0.0987. The topological polar surface area (TPSA) is 45.7 Å². The van der Waals surface area contributed by atoms with Crippen molar-refractivity contribution in [3.05, 3.63) is 39.5 Å². The molecule has 0 fully saturated rings. The Hall–Kier alpha value is -1.38. The summed E-state index contributed by atoms with van der Waals surface area (Å²) in [6.07, 6.45) is 0. The van der Waals surface area contributed by atoms with E-state index in [0.717, 1.165) is 24.3 Å². The number of amides is 1. The van der Waals surface area contributed by atoms with Crippen LogP contribution in [0.3, 0.4) is 0 Å². The van der Waals surface area contributed by atoms with Gasteiger partial charge in [0.15, 0.2) is 5.13 Å². The standard InChI is InChI=1S/C19H22ClN3O2S2.ClH/c1-4-22(5-2)10-11-23(18(24)15-7-6-12-26-15)19-21-16-14(25-3)9-8-13(20)17(16)27-19;/h6-9,12H,4-5,10-11H2,1-3H3;1H. The van der Waals surface area contributed by atoms with E-state index in [9.17, 15) is 4.79 Å². The van der Waals surface area contributed by atoms with Crippen molar-refractivity contribution < 1.29 is 9.53 Å². The van der Waals surface area contributed by atoms with Gasteiger partial charge in [-0.1, -0.05) is 42.9 Å². The molecule has 28 heavy (non-hydrogen) atoms. The Balaban J connectivity index is 0.00000280. The predicted octanol–water partition coefficient (Wildman–Crippen LogP) is 5.43. The summed E-state index contributed by atoms with van der Waals surface area (Å²) in [5.41, 5.74) is 0.691. The van der Waals surface area contributed by atoms with Crippen molar-refractivity contribution in [3.63, 3.8) is 0 Å². The number of carbonyl (C=O) groups is 1. The molecule has 2 aromatic heterocycles. The first kappa shape index (κ1) is 22.9. The van der Waals surface area contributed by atoms with Gasteiger partial charge in [-0.15, -0.1) is 23.7 Å². The summed E-state index contributed by atoms with van der Waals surface area (Å²) >= 11 is 9.22. The van der Waals surface area contributed by atoms with Crippen LogP contribution in [0, 0.1) is 0 Å². The average Bonchev–Trinajstić information content (AvgIpc) is 3.36. The number of nitrogens with zero attached hydrogens (tertiary/aromatic N) is 3. The number of hydrogen-bond donors (Lipinski definition) is 0. The number of ether oxygens (including phenoxy) is 1. The van der Waals surface area contributed by atoms with Gasteiger partial charge in [-0.25, -0.2) is 4.98 Å². The summed E-state index contributed by atoms with van der Waals surface area (Å²) in [6, 6.07) is 7.33. The van der Waals surface area contributed by atoms with Crippen LogP contribution in [0.4, 0.5) is 5.13 Å². The fraction of sp³-hybridized carbons (Fsp3) is 0.368. The molecule has 0 aliphatic carbocycles. The maximum atomic E-state index is 13.1. The van der Waals surface area contributed by atoms with E-state index in [0.29, 0.717) is 32.8 Å². The fourth-order valence-electron chi connectivity index (χ4n) is 2.82. The van der Waals surface area contributed by atoms with Crippen molar-refractivity contribution >= 4 is 67.9 Å². The molecule has 0 radical (unpaired) electrons. The molecule has 9 heteroatoms. The molecule has 0 spiro atoms. The van der Waals surface area contributed by atoms with Crippen LogP contribution in [0.15, 0.2) is 29.6 Å². The lowest BCUT2D eigenvalue weighted by Gasteiger charge is -2.24. The third-order valence-corrected chi connectivity index (χ3v) is 6.81. The Morgan fingerprint density at radius 3 is 2.57 bits per heavy atom. The Bertz CT molecular complexity index is 911. The van der Waals surface area contributed by atoms with Crippen molar-refractivity contribution in [2.75, 3.05) is 38.2 Å². The predicted molar refractivity (Wildman–Crippen MR) is 122 cm³/mol. The summed E-state index contributed by atoms with van der Waals surface area (Å²) in [5.74, 6) is 0.621. The van der Waals surface area contributed by atoms with Gasteiger partial charge in [-0.2, -0.15) is 0 Å². The molecule has 0 aliphatic heterocycles. The molecule has 0 N–H and O–H groups in total. The monoisotopic (exact) mass is 459 g/mol. The van der Waals surface area contributed by atoms with Crippen molar-refractivity contribution in [2.45, 2.75) is 13.8 Å². The van der Waals surface area contributed by atoms with Crippen LogP contribution >= 0.6 is 46.7 Å².